The first-order chi connectivity index (χ1) is 11.5. The third-order valence-electron chi connectivity index (χ3n) is 3.00. The molecule has 0 aliphatic carbocycles. The molecule has 0 bridgehead atoms. The van der Waals surface area contributed by atoms with E-state index in [0.29, 0.717) is 19.1 Å². The van der Waals surface area contributed by atoms with Crippen LogP contribution in [-0.4, -0.2) is 23.4 Å². The highest BCUT2D eigenvalue weighted by atomic mass is 32.5. The van der Waals surface area contributed by atoms with Crippen molar-refractivity contribution in [2.45, 2.75) is 27.7 Å². The summed E-state index contributed by atoms with van der Waals surface area (Å²) in [6.07, 6.45) is 0. The molecular weight excluding hydrogens is 347 g/mol. The number of ether oxygens (including phenoxy) is 1. The maximum absolute atomic E-state index is 5.81. The van der Waals surface area contributed by atoms with Crippen molar-refractivity contribution in [3.8, 4) is 17.5 Å². The van der Waals surface area contributed by atoms with Crippen LogP contribution in [0.25, 0.3) is 0 Å². The molecule has 8 heteroatoms. The van der Waals surface area contributed by atoms with Gasteiger partial charge < -0.3 is 9.26 Å². The predicted molar refractivity (Wildman–Crippen MR) is 96.2 cm³/mol. The number of rotatable bonds is 8. The van der Waals surface area contributed by atoms with Crippen LogP contribution in [-0.2, 0) is 20.9 Å². The Bertz CT molecular complexity index is 732. The van der Waals surface area contributed by atoms with Gasteiger partial charge in [-0.25, -0.2) is 0 Å². The van der Waals surface area contributed by atoms with E-state index in [1.165, 1.54) is 0 Å². The molecule has 130 valence electrons. The first-order valence-electron chi connectivity index (χ1n) is 7.64. The lowest BCUT2D eigenvalue weighted by atomic mass is 10.2. The molecule has 24 heavy (non-hydrogen) atoms. The van der Waals surface area contributed by atoms with Crippen molar-refractivity contribution in [1.29, 1.82) is 0 Å². The molecule has 0 atom stereocenters. The molecule has 6 nitrogen and oxygen atoms in total. The fourth-order valence-electron chi connectivity index (χ4n) is 1.89. The standard InChI is InChI=1S/C16H21N2O4PS/c1-5-19-23(24,20-6-2)22-15-11-13(4)16(18-17-15)21-14-10-8-7-9-12(14)3/h7-11H,5-6H2,1-4H3. The Kier molecular flexibility index (Phi) is 6.69. The van der Waals surface area contributed by atoms with Crippen LogP contribution in [0.15, 0.2) is 30.3 Å². The van der Waals surface area contributed by atoms with Crippen molar-refractivity contribution in [3.63, 3.8) is 0 Å². The smallest absolute Gasteiger partial charge is 0.381 e. The van der Waals surface area contributed by atoms with E-state index in [4.69, 9.17) is 30.1 Å². The summed E-state index contributed by atoms with van der Waals surface area (Å²) in [6, 6.07) is 9.41. The second-order valence-electron chi connectivity index (χ2n) is 4.91. The van der Waals surface area contributed by atoms with Crippen LogP contribution < -0.4 is 9.26 Å². The van der Waals surface area contributed by atoms with Gasteiger partial charge in [0, 0.05) is 23.4 Å². The summed E-state index contributed by atoms with van der Waals surface area (Å²) in [7, 11) is 0. The van der Waals surface area contributed by atoms with E-state index in [2.05, 4.69) is 10.2 Å². The van der Waals surface area contributed by atoms with Crippen molar-refractivity contribution >= 4 is 18.5 Å². The normalized spacial score (nSPS) is 11.3. The highest BCUT2D eigenvalue weighted by Gasteiger charge is 2.22. The van der Waals surface area contributed by atoms with E-state index in [1.807, 2.05) is 52.0 Å². The van der Waals surface area contributed by atoms with Gasteiger partial charge >= 0.3 is 6.72 Å². The molecule has 0 fully saturated rings. The Morgan fingerprint density at radius 3 is 2.25 bits per heavy atom. The SMILES string of the molecule is CCOP(=S)(OCC)Oc1cc(C)c(Oc2ccccc2C)nn1. The molecule has 0 N–H and O–H groups in total. The molecule has 0 aliphatic heterocycles. The number of para-hydroxylation sites is 1. The third kappa shape index (κ3) is 4.98. The van der Waals surface area contributed by atoms with Crippen LogP contribution in [0, 0.1) is 13.8 Å². The van der Waals surface area contributed by atoms with E-state index in [9.17, 15) is 0 Å². The average molecular weight is 368 g/mol. The minimum absolute atomic E-state index is 0.259. The molecule has 0 spiro atoms. The van der Waals surface area contributed by atoms with Crippen molar-refractivity contribution < 1.29 is 18.3 Å². The zero-order chi connectivity index (χ0) is 17.6. The number of aryl methyl sites for hydroxylation is 2. The molecule has 0 saturated heterocycles. The fraction of sp³-hybridized carbons (Fsp3) is 0.375. The number of hydrogen-bond donors (Lipinski definition) is 0. The van der Waals surface area contributed by atoms with E-state index < -0.39 is 6.72 Å². The number of aromatic nitrogens is 2. The summed E-state index contributed by atoms with van der Waals surface area (Å²) in [6.45, 7) is 5.44. The summed E-state index contributed by atoms with van der Waals surface area (Å²) < 4.78 is 22.3. The Balaban J connectivity index is 2.17. The molecule has 2 rings (SSSR count). The molecule has 0 radical (unpaired) electrons. The molecule has 0 unspecified atom stereocenters. The maximum Gasteiger partial charge on any atom is 0.381 e. The van der Waals surface area contributed by atoms with E-state index >= 15 is 0 Å². The molecule has 1 heterocycles. The first kappa shape index (κ1) is 18.8. The fourth-order valence-corrected chi connectivity index (χ4v) is 3.88. The summed E-state index contributed by atoms with van der Waals surface area (Å²) in [5.41, 5.74) is 1.79. The van der Waals surface area contributed by atoms with Crippen molar-refractivity contribution in [3.05, 3.63) is 41.5 Å². The minimum atomic E-state index is -2.86. The largest absolute Gasteiger partial charge is 0.437 e. The van der Waals surface area contributed by atoms with Gasteiger partial charge in [-0.2, -0.15) is 0 Å². The van der Waals surface area contributed by atoms with Crippen molar-refractivity contribution in [2.24, 2.45) is 0 Å². The lowest BCUT2D eigenvalue weighted by molar-refractivity contribution is 0.215. The molecule has 0 saturated carbocycles. The molecular formula is C16H21N2O4PS. The van der Waals surface area contributed by atoms with E-state index in [0.717, 1.165) is 16.9 Å². The van der Waals surface area contributed by atoms with Gasteiger partial charge in [-0.3, -0.25) is 9.05 Å². The number of nitrogens with zero attached hydrogens (tertiary/aromatic N) is 2. The maximum atomic E-state index is 5.81. The van der Waals surface area contributed by atoms with Crippen LogP contribution >= 0.6 is 6.72 Å². The van der Waals surface area contributed by atoms with Crippen LogP contribution in [0.2, 0.25) is 0 Å². The van der Waals surface area contributed by atoms with Gasteiger partial charge in [0.25, 0.3) is 0 Å². The molecule has 1 aromatic carbocycles. The molecule has 0 amide bonds. The Morgan fingerprint density at radius 2 is 1.67 bits per heavy atom. The van der Waals surface area contributed by atoms with Crippen molar-refractivity contribution in [2.75, 3.05) is 13.2 Å². The third-order valence-corrected chi connectivity index (χ3v) is 5.41. The summed E-state index contributed by atoms with van der Waals surface area (Å²) in [4.78, 5) is 0. The Labute approximate surface area is 147 Å². The zero-order valence-corrected chi connectivity index (χ0v) is 15.9. The summed E-state index contributed by atoms with van der Waals surface area (Å²) in [5, 5.41) is 8.10. The van der Waals surface area contributed by atoms with E-state index in [1.54, 1.807) is 6.07 Å². The van der Waals surface area contributed by atoms with Gasteiger partial charge in [-0.1, -0.05) is 18.2 Å². The Morgan fingerprint density at radius 1 is 1.00 bits per heavy atom. The quantitative estimate of drug-likeness (QED) is 0.633. The van der Waals surface area contributed by atoms with Gasteiger partial charge in [0.15, 0.2) is 0 Å². The summed E-state index contributed by atoms with van der Waals surface area (Å²) in [5.74, 6) is 1.41. The number of hydrogen-bond acceptors (Lipinski definition) is 7. The van der Waals surface area contributed by atoms with Crippen molar-refractivity contribution in [1.82, 2.24) is 10.2 Å². The molecule has 0 aliphatic rings. The highest BCUT2D eigenvalue weighted by molar-refractivity contribution is 8.07. The average Bonchev–Trinajstić information content (AvgIpc) is 2.52. The van der Waals surface area contributed by atoms with E-state index in [-0.39, 0.29) is 5.88 Å². The van der Waals surface area contributed by atoms with Crippen LogP contribution in [0.5, 0.6) is 17.5 Å². The zero-order valence-electron chi connectivity index (χ0n) is 14.2. The first-order valence-corrected chi connectivity index (χ1v) is 10.2. The van der Waals surface area contributed by atoms with Crippen LogP contribution in [0.3, 0.4) is 0 Å². The topological polar surface area (TPSA) is 62.7 Å². The van der Waals surface area contributed by atoms with Gasteiger partial charge in [0.1, 0.15) is 5.75 Å². The summed E-state index contributed by atoms with van der Waals surface area (Å²) >= 11 is 5.33. The highest BCUT2D eigenvalue weighted by Crippen LogP contribution is 2.49. The number of benzene rings is 1. The second kappa shape index (κ2) is 8.53. The minimum Gasteiger partial charge on any atom is -0.437 e. The molecule has 1 aromatic heterocycles. The lowest BCUT2D eigenvalue weighted by Gasteiger charge is -2.20. The van der Waals surface area contributed by atoms with Crippen LogP contribution in [0.4, 0.5) is 0 Å². The monoisotopic (exact) mass is 368 g/mol. The van der Waals surface area contributed by atoms with Gasteiger partial charge in [-0.05, 0) is 39.3 Å². The predicted octanol–water partition coefficient (Wildman–Crippen LogP) is 4.56. The lowest BCUT2D eigenvalue weighted by Crippen LogP contribution is -2.04. The van der Waals surface area contributed by atoms with Gasteiger partial charge in [0.2, 0.25) is 11.8 Å². The Hall–Kier alpha value is -1.53. The van der Waals surface area contributed by atoms with Crippen LogP contribution in [0.1, 0.15) is 25.0 Å². The molecule has 2 aromatic rings. The second-order valence-corrected chi connectivity index (χ2v) is 7.85. The van der Waals surface area contributed by atoms with Gasteiger partial charge in [-0.15, -0.1) is 10.2 Å². The van der Waals surface area contributed by atoms with Gasteiger partial charge in [0.05, 0.1) is 13.2 Å².